The smallest absolute Gasteiger partial charge is 0.122 e. The van der Waals surface area contributed by atoms with Crippen LogP contribution < -0.4 is 0 Å². The highest BCUT2D eigenvalue weighted by Crippen LogP contribution is 2.23. The van der Waals surface area contributed by atoms with E-state index in [0.717, 1.165) is 18.2 Å². The van der Waals surface area contributed by atoms with Crippen LogP contribution in [-0.4, -0.2) is 15.3 Å². The highest BCUT2D eigenvalue weighted by molar-refractivity contribution is 5.39. The summed E-state index contributed by atoms with van der Waals surface area (Å²) in [4.78, 5) is 0. The summed E-state index contributed by atoms with van der Waals surface area (Å²) < 4.78 is 0. The molecule has 1 aromatic carbocycles. The van der Waals surface area contributed by atoms with Crippen molar-refractivity contribution in [1.82, 2.24) is 0 Å². The summed E-state index contributed by atoms with van der Waals surface area (Å²) in [6.07, 6.45) is 0. The van der Waals surface area contributed by atoms with Crippen LogP contribution in [0.4, 0.5) is 0 Å². The second kappa shape index (κ2) is 1.85. The third-order valence-corrected chi connectivity index (χ3v) is 0.887. The van der Waals surface area contributed by atoms with Crippen molar-refractivity contribution in [3.8, 4) is 17.2 Å². The molecule has 0 aromatic heterocycles. The molecule has 48 valence electrons. The highest BCUT2D eigenvalue weighted by atomic mass is 16.3. The molecule has 1 aromatic rings. The first-order chi connectivity index (χ1) is 4.18. The third-order valence-electron chi connectivity index (χ3n) is 0.887. The topological polar surface area (TPSA) is 60.7 Å². The predicted octanol–water partition coefficient (Wildman–Crippen LogP) is 0.803. The molecule has 0 spiro atoms. The van der Waals surface area contributed by atoms with E-state index < -0.39 is 0 Å². The summed E-state index contributed by atoms with van der Waals surface area (Å²) in [5, 5.41) is 26.0. The van der Waals surface area contributed by atoms with E-state index in [4.69, 9.17) is 15.3 Å². The van der Waals surface area contributed by atoms with Crippen LogP contribution in [0.2, 0.25) is 0 Å². The number of rotatable bonds is 0. The minimum absolute atomic E-state index is 0.146. The molecule has 3 N–H and O–H groups in total. The monoisotopic (exact) mass is 129 g/mol. The first-order valence-electron chi connectivity index (χ1n) is 2.40. The van der Waals surface area contributed by atoms with E-state index in [2.05, 4.69) is 0 Å². The molecule has 0 atom stereocenters. The maximum absolute atomic E-state index is 8.67. The molecule has 3 nitrogen and oxygen atoms in total. The fourth-order valence-electron chi connectivity index (χ4n) is 0.580. The van der Waals surface area contributed by atoms with Gasteiger partial charge >= 0.3 is 0 Å². The van der Waals surface area contributed by atoms with Crippen molar-refractivity contribution in [2.24, 2.45) is 0 Å². The molecular weight excluding hydrogens is 123 g/mol. The predicted molar refractivity (Wildman–Crippen MR) is 31.4 cm³/mol. The Morgan fingerprint density at radius 1 is 0.667 bits per heavy atom. The van der Waals surface area contributed by atoms with Crippen LogP contribution in [0, 0.1) is 0 Å². The molecule has 1 rings (SSSR count). The van der Waals surface area contributed by atoms with Crippen molar-refractivity contribution >= 4 is 0 Å². The van der Waals surface area contributed by atoms with Crippen molar-refractivity contribution < 1.29 is 15.3 Å². The Balaban J connectivity index is 3.17. The van der Waals surface area contributed by atoms with E-state index in [9.17, 15) is 0 Å². The Morgan fingerprint density at radius 2 is 0.889 bits per heavy atom. The van der Waals surface area contributed by atoms with Crippen molar-refractivity contribution in [2.75, 3.05) is 0 Å². The molecule has 3 heteroatoms. The van der Waals surface area contributed by atoms with Gasteiger partial charge in [-0.2, -0.15) is 0 Å². The lowest BCUT2D eigenvalue weighted by Crippen LogP contribution is -1.66. The number of phenols is 3. The summed E-state index contributed by atoms with van der Waals surface area (Å²) in [5.41, 5.74) is 0. The number of phenolic OH excluding ortho intramolecular Hbond substituents is 3. The molecule has 0 aliphatic carbocycles. The van der Waals surface area contributed by atoms with Gasteiger partial charge in [0.25, 0.3) is 0 Å². The van der Waals surface area contributed by atoms with Crippen LogP contribution in [0.3, 0.4) is 0 Å². The largest absolute Gasteiger partial charge is 0.508 e. The molecule has 9 heavy (non-hydrogen) atoms. The Hall–Kier alpha value is -1.38. The Labute approximate surface area is 51.8 Å². The summed E-state index contributed by atoms with van der Waals surface area (Å²) in [6, 6.07) is 3.42. The zero-order chi connectivity index (χ0) is 6.85. The molecule has 0 fully saturated rings. The molecule has 0 saturated heterocycles. The molecule has 0 aliphatic heterocycles. The highest BCUT2D eigenvalue weighted by Gasteiger charge is 1.94. The van der Waals surface area contributed by atoms with Gasteiger partial charge in [-0.15, -0.1) is 0 Å². The van der Waals surface area contributed by atoms with Crippen LogP contribution in [0.1, 0.15) is 0 Å². The standard InChI is InChI=1S/C6H6O3/c7-4-1-5(8)3-6(9)2-4/h1-3,7-9H/i1+1,2+1,3+1. The molecule has 0 heterocycles. The third kappa shape index (κ3) is 1.25. The van der Waals surface area contributed by atoms with E-state index in [1.165, 1.54) is 0 Å². The van der Waals surface area contributed by atoms with E-state index in [0.29, 0.717) is 0 Å². The van der Waals surface area contributed by atoms with Crippen molar-refractivity contribution in [2.45, 2.75) is 0 Å². The van der Waals surface area contributed by atoms with E-state index >= 15 is 0 Å². The van der Waals surface area contributed by atoms with Crippen molar-refractivity contribution in [3.63, 3.8) is 0 Å². The van der Waals surface area contributed by atoms with Gasteiger partial charge < -0.3 is 15.3 Å². The SMILES string of the molecule is Oc1[13cH]c(O)[13cH]c(O)[13cH]1. The number of aromatic hydroxyl groups is 3. The second-order valence-corrected chi connectivity index (χ2v) is 1.71. The minimum Gasteiger partial charge on any atom is -0.508 e. The van der Waals surface area contributed by atoms with Crippen LogP contribution in [0.25, 0.3) is 0 Å². The maximum Gasteiger partial charge on any atom is 0.122 e. The molecule has 0 aliphatic rings. The molecule has 0 amide bonds. The minimum atomic E-state index is -0.146. The normalized spacial score (nSPS) is 9.33. The number of hydrogen-bond acceptors (Lipinski definition) is 3. The average molecular weight is 129 g/mol. The Kier molecular flexibility index (Phi) is 1.18. The summed E-state index contributed by atoms with van der Waals surface area (Å²) in [5.74, 6) is -0.437. The van der Waals surface area contributed by atoms with Crippen LogP contribution in [0.5, 0.6) is 17.2 Å². The van der Waals surface area contributed by atoms with Gasteiger partial charge in [0.05, 0.1) is 0 Å². The van der Waals surface area contributed by atoms with Gasteiger partial charge in [-0.1, -0.05) is 0 Å². The molecular formula is C6H6O3. The quantitative estimate of drug-likeness (QED) is 0.485. The summed E-state index contributed by atoms with van der Waals surface area (Å²) >= 11 is 0. The van der Waals surface area contributed by atoms with Gasteiger partial charge in [0.15, 0.2) is 0 Å². The van der Waals surface area contributed by atoms with Gasteiger partial charge in [0.2, 0.25) is 0 Å². The Morgan fingerprint density at radius 3 is 1.11 bits per heavy atom. The zero-order valence-electron chi connectivity index (χ0n) is 4.57. The molecule has 0 bridgehead atoms. The first kappa shape index (κ1) is 5.75. The van der Waals surface area contributed by atoms with Crippen LogP contribution >= 0.6 is 0 Å². The maximum atomic E-state index is 8.67. The summed E-state index contributed by atoms with van der Waals surface area (Å²) in [7, 11) is 0. The second-order valence-electron chi connectivity index (χ2n) is 1.71. The van der Waals surface area contributed by atoms with Crippen LogP contribution in [0.15, 0.2) is 18.2 Å². The lowest BCUT2D eigenvalue weighted by atomic mass is 10.7. The van der Waals surface area contributed by atoms with Gasteiger partial charge in [-0.25, -0.2) is 0 Å². The van der Waals surface area contributed by atoms with Crippen molar-refractivity contribution in [3.05, 3.63) is 18.2 Å². The lowest BCUT2D eigenvalue weighted by Gasteiger charge is -1.94. The van der Waals surface area contributed by atoms with Gasteiger partial charge in [-0.05, 0) is 0 Å². The first-order valence-corrected chi connectivity index (χ1v) is 2.40. The molecule has 0 radical (unpaired) electrons. The number of benzene rings is 1. The Bertz CT molecular complexity index is 169. The van der Waals surface area contributed by atoms with E-state index in [1.807, 2.05) is 0 Å². The van der Waals surface area contributed by atoms with Gasteiger partial charge in [0, 0.05) is 18.2 Å². The average Bonchev–Trinajstić information content (AvgIpc) is 1.59. The molecule has 0 unspecified atom stereocenters. The van der Waals surface area contributed by atoms with E-state index in [1.54, 1.807) is 0 Å². The fourth-order valence-corrected chi connectivity index (χ4v) is 0.580. The summed E-state index contributed by atoms with van der Waals surface area (Å²) in [6.45, 7) is 0. The zero-order valence-corrected chi connectivity index (χ0v) is 4.57. The van der Waals surface area contributed by atoms with Crippen LogP contribution in [-0.2, 0) is 0 Å². The molecule has 0 saturated carbocycles. The van der Waals surface area contributed by atoms with Crippen molar-refractivity contribution in [1.29, 1.82) is 0 Å². The van der Waals surface area contributed by atoms with Gasteiger partial charge in [-0.3, -0.25) is 0 Å². The number of hydrogen-bond donors (Lipinski definition) is 3. The fraction of sp³-hybridized carbons (Fsp3) is 0. The lowest BCUT2D eigenvalue weighted by molar-refractivity contribution is 0.428. The van der Waals surface area contributed by atoms with E-state index in [-0.39, 0.29) is 17.2 Å². The van der Waals surface area contributed by atoms with Gasteiger partial charge in [0.1, 0.15) is 17.2 Å².